The van der Waals surface area contributed by atoms with Crippen molar-refractivity contribution in [3.05, 3.63) is 34.0 Å². The van der Waals surface area contributed by atoms with Gasteiger partial charge in [-0.2, -0.15) is 5.48 Å². The lowest BCUT2D eigenvalue weighted by atomic mass is 9.89. The molecular formula is C22H34ClNO5S. The summed E-state index contributed by atoms with van der Waals surface area (Å²) in [5.41, 5.74) is 2.39. The van der Waals surface area contributed by atoms with Gasteiger partial charge in [-0.25, -0.2) is 4.79 Å². The number of nitrogens with one attached hydrogen (secondary N) is 1. The van der Waals surface area contributed by atoms with E-state index in [0.29, 0.717) is 24.1 Å². The first kappa shape index (κ1) is 25.3. The third kappa shape index (κ3) is 7.94. The Kier molecular flexibility index (Phi) is 10.8. The van der Waals surface area contributed by atoms with Crippen LogP contribution in [0.3, 0.4) is 0 Å². The number of hydrogen-bond acceptors (Lipinski definition) is 7. The number of aryl methyl sites for hydroxylation is 1. The number of hydrogen-bond donors (Lipinski definition) is 4. The lowest BCUT2D eigenvalue weighted by Gasteiger charge is -2.21. The Labute approximate surface area is 187 Å². The quantitative estimate of drug-likeness (QED) is 0.217. The molecule has 6 nitrogen and oxygen atoms in total. The highest BCUT2D eigenvalue weighted by Crippen LogP contribution is 2.40. The average molecular weight is 460 g/mol. The second-order valence-electron chi connectivity index (χ2n) is 8.04. The van der Waals surface area contributed by atoms with Crippen molar-refractivity contribution in [2.45, 2.75) is 75.6 Å². The highest BCUT2D eigenvalue weighted by Gasteiger charge is 2.39. The van der Waals surface area contributed by atoms with Crippen LogP contribution in [-0.4, -0.2) is 52.0 Å². The second-order valence-corrected chi connectivity index (χ2v) is 9.77. The van der Waals surface area contributed by atoms with E-state index in [4.69, 9.17) is 16.4 Å². The molecule has 1 aliphatic rings. The van der Waals surface area contributed by atoms with Gasteiger partial charge in [-0.3, -0.25) is 0 Å². The van der Waals surface area contributed by atoms with Crippen LogP contribution >= 0.6 is 22.9 Å². The van der Waals surface area contributed by atoms with Crippen molar-refractivity contribution in [1.29, 1.82) is 0 Å². The molecule has 30 heavy (non-hydrogen) atoms. The molecule has 1 fully saturated rings. The zero-order valence-electron chi connectivity index (χ0n) is 17.7. The fourth-order valence-corrected chi connectivity index (χ4v) is 5.39. The monoisotopic (exact) mass is 459 g/mol. The van der Waals surface area contributed by atoms with E-state index in [1.807, 2.05) is 12.1 Å². The van der Waals surface area contributed by atoms with E-state index >= 15 is 0 Å². The van der Waals surface area contributed by atoms with Crippen LogP contribution in [0.4, 0.5) is 0 Å². The second kappa shape index (κ2) is 12.8. The van der Waals surface area contributed by atoms with E-state index in [1.54, 1.807) is 26.1 Å². The third-order valence-electron chi connectivity index (χ3n) is 5.57. The van der Waals surface area contributed by atoms with Gasteiger partial charge in [-0.15, -0.1) is 22.9 Å². The SMILES string of the molecule is CNOC(=O)c1ccc(CCC[C@@H]2[C@@H](C=C[C@@H](O)CCC[C@@H](C)O)[C@H](O)C[C@H]2Cl)s1. The maximum absolute atomic E-state index is 11.7. The maximum atomic E-state index is 11.7. The zero-order chi connectivity index (χ0) is 22.1. The molecule has 0 unspecified atom stereocenters. The van der Waals surface area contributed by atoms with E-state index in [0.717, 1.165) is 30.6 Å². The Morgan fingerprint density at radius 1 is 1.37 bits per heavy atom. The van der Waals surface area contributed by atoms with Gasteiger partial charge >= 0.3 is 5.97 Å². The van der Waals surface area contributed by atoms with Gasteiger partial charge in [-0.1, -0.05) is 12.2 Å². The summed E-state index contributed by atoms with van der Waals surface area (Å²) in [6.45, 7) is 1.74. The van der Waals surface area contributed by atoms with Gasteiger partial charge in [0.2, 0.25) is 0 Å². The molecule has 0 aromatic carbocycles. The molecule has 1 aromatic rings. The van der Waals surface area contributed by atoms with Gasteiger partial charge in [-0.05, 0) is 69.9 Å². The summed E-state index contributed by atoms with van der Waals surface area (Å²) in [6.07, 6.45) is 7.43. The molecule has 4 N–H and O–H groups in total. The predicted octanol–water partition coefficient (Wildman–Crippen LogP) is 3.43. The van der Waals surface area contributed by atoms with Crippen molar-refractivity contribution in [2.24, 2.45) is 11.8 Å². The topological polar surface area (TPSA) is 99.0 Å². The number of thiophene rings is 1. The predicted molar refractivity (Wildman–Crippen MR) is 120 cm³/mol. The molecule has 0 saturated heterocycles. The standard InChI is InChI=1S/C22H34ClNO5S/c1-14(25)5-3-6-15(26)9-11-18-17(19(23)13-20(18)27)8-4-7-16-10-12-21(30-16)22(28)29-24-2/h9-12,14-15,17-20,24-27H,3-8,13H2,1-2H3/t14-,15+,17-,18-,19-,20-/m1/s1. The Morgan fingerprint density at radius 3 is 2.83 bits per heavy atom. The van der Waals surface area contributed by atoms with Gasteiger partial charge in [0, 0.05) is 23.2 Å². The highest BCUT2D eigenvalue weighted by molar-refractivity contribution is 7.13. The van der Waals surface area contributed by atoms with E-state index in [2.05, 4.69) is 5.48 Å². The number of alkyl halides is 1. The summed E-state index contributed by atoms with van der Waals surface area (Å²) < 4.78 is 0. The molecule has 170 valence electrons. The normalized spacial score (nSPS) is 26.2. The fourth-order valence-electron chi connectivity index (χ4n) is 3.99. The van der Waals surface area contributed by atoms with Crippen molar-refractivity contribution in [1.82, 2.24) is 5.48 Å². The number of aliphatic hydroxyl groups is 3. The molecule has 0 radical (unpaired) electrons. The average Bonchev–Trinajstić information content (AvgIpc) is 3.25. The Hall–Kier alpha value is -0.960. The molecule has 8 heteroatoms. The van der Waals surface area contributed by atoms with Crippen LogP contribution in [-0.2, 0) is 11.3 Å². The molecule has 6 atom stereocenters. The van der Waals surface area contributed by atoms with Gasteiger partial charge in [0.15, 0.2) is 0 Å². The van der Waals surface area contributed by atoms with Crippen molar-refractivity contribution < 1.29 is 25.0 Å². The zero-order valence-corrected chi connectivity index (χ0v) is 19.2. The van der Waals surface area contributed by atoms with Crippen LogP contribution in [0.5, 0.6) is 0 Å². The summed E-state index contributed by atoms with van der Waals surface area (Å²) in [5, 5.41) is 29.8. The van der Waals surface area contributed by atoms with E-state index in [1.165, 1.54) is 11.3 Å². The minimum Gasteiger partial charge on any atom is -0.393 e. The van der Waals surface area contributed by atoms with Gasteiger partial charge in [0.05, 0.1) is 18.3 Å². The molecule has 2 rings (SSSR count). The van der Waals surface area contributed by atoms with Crippen LogP contribution in [0.1, 0.15) is 60.0 Å². The molecular weight excluding hydrogens is 426 g/mol. The van der Waals surface area contributed by atoms with E-state index in [-0.39, 0.29) is 29.3 Å². The van der Waals surface area contributed by atoms with Crippen molar-refractivity contribution in [3.8, 4) is 0 Å². The summed E-state index contributed by atoms with van der Waals surface area (Å²) in [6, 6.07) is 3.72. The first-order valence-corrected chi connectivity index (χ1v) is 11.9. The Bertz CT molecular complexity index is 680. The first-order valence-electron chi connectivity index (χ1n) is 10.6. The smallest absolute Gasteiger partial charge is 0.366 e. The molecule has 0 aliphatic heterocycles. The minimum absolute atomic E-state index is 0.0663. The number of carbonyl (C=O) groups is 1. The number of hydroxylamine groups is 1. The minimum atomic E-state index is -0.576. The van der Waals surface area contributed by atoms with Gasteiger partial charge < -0.3 is 20.2 Å². The number of aliphatic hydroxyl groups excluding tert-OH is 3. The molecule has 0 amide bonds. The summed E-state index contributed by atoms with van der Waals surface area (Å²) in [7, 11) is 1.55. The molecule has 0 bridgehead atoms. The summed E-state index contributed by atoms with van der Waals surface area (Å²) >= 11 is 7.94. The van der Waals surface area contributed by atoms with Crippen molar-refractivity contribution in [2.75, 3.05) is 7.05 Å². The molecule has 1 saturated carbocycles. The van der Waals surface area contributed by atoms with Gasteiger partial charge in [0.25, 0.3) is 0 Å². The molecule has 1 heterocycles. The van der Waals surface area contributed by atoms with Crippen molar-refractivity contribution in [3.63, 3.8) is 0 Å². The lowest BCUT2D eigenvalue weighted by Crippen LogP contribution is -2.19. The van der Waals surface area contributed by atoms with Crippen LogP contribution in [0.15, 0.2) is 24.3 Å². The summed E-state index contributed by atoms with van der Waals surface area (Å²) in [5.74, 6) is -0.301. The Morgan fingerprint density at radius 2 is 2.13 bits per heavy atom. The van der Waals surface area contributed by atoms with Crippen LogP contribution in [0.2, 0.25) is 0 Å². The number of halogens is 1. The highest BCUT2D eigenvalue weighted by atomic mass is 35.5. The molecule has 1 aromatic heterocycles. The largest absolute Gasteiger partial charge is 0.393 e. The van der Waals surface area contributed by atoms with Crippen LogP contribution in [0.25, 0.3) is 0 Å². The maximum Gasteiger partial charge on any atom is 0.366 e. The van der Waals surface area contributed by atoms with E-state index < -0.39 is 12.2 Å². The molecule has 1 aliphatic carbocycles. The first-order chi connectivity index (χ1) is 14.3. The number of rotatable bonds is 12. The summed E-state index contributed by atoms with van der Waals surface area (Å²) in [4.78, 5) is 18.2. The van der Waals surface area contributed by atoms with Crippen molar-refractivity contribution >= 4 is 28.9 Å². The van der Waals surface area contributed by atoms with Gasteiger partial charge in [0.1, 0.15) is 4.88 Å². The third-order valence-corrected chi connectivity index (χ3v) is 7.19. The lowest BCUT2D eigenvalue weighted by molar-refractivity contribution is 0.0316. The Balaban J connectivity index is 1.84. The fraction of sp³-hybridized carbons (Fsp3) is 0.682. The van der Waals surface area contributed by atoms with E-state index in [9.17, 15) is 20.1 Å². The van der Waals surface area contributed by atoms with Crippen LogP contribution < -0.4 is 5.48 Å². The molecule has 0 spiro atoms. The number of carbonyl (C=O) groups excluding carboxylic acids is 1. The van der Waals surface area contributed by atoms with Crippen LogP contribution in [0, 0.1) is 11.8 Å².